The summed E-state index contributed by atoms with van der Waals surface area (Å²) in [5.41, 5.74) is 1.47. The van der Waals surface area contributed by atoms with E-state index in [0.29, 0.717) is 18.1 Å². The smallest absolute Gasteiger partial charge is 0.341 e. The number of carboxylic acid groups (broad SMARTS) is 1. The third kappa shape index (κ3) is 5.19. The molecular weight excluding hydrogens is 254 g/mol. The highest BCUT2D eigenvalue weighted by Gasteiger charge is 2.16. The Kier molecular flexibility index (Phi) is 7.05. The van der Waals surface area contributed by atoms with Gasteiger partial charge in [0.25, 0.3) is 0 Å². The fraction of sp³-hybridized carbons (Fsp3) is 0.625. The Morgan fingerprint density at radius 1 is 1.20 bits per heavy atom. The van der Waals surface area contributed by atoms with Gasteiger partial charge < -0.3 is 9.84 Å². The van der Waals surface area contributed by atoms with Crippen LogP contribution in [-0.4, -0.2) is 22.7 Å². The molecule has 1 rings (SSSR count). The molecule has 0 atom stereocenters. The molecule has 0 spiro atoms. The molecule has 112 valence electrons. The highest BCUT2D eigenvalue weighted by molar-refractivity contribution is 5.92. The lowest BCUT2D eigenvalue weighted by atomic mass is 10.1. The first kappa shape index (κ1) is 16.5. The Balaban J connectivity index is 2.49. The quantitative estimate of drug-likeness (QED) is 0.690. The number of unbranched alkanes of at least 4 members (excludes halogenated alkanes) is 5. The molecule has 0 radical (unpaired) electrons. The summed E-state index contributed by atoms with van der Waals surface area (Å²) >= 11 is 0. The van der Waals surface area contributed by atoms with Gasteiger partial charge in [-0.3, -0.25) is 4.98 Å². The highest BCUT2D eigenvalue weighted by Crippen LogP contribution is 2.22. The van der Waals surface area contributed by atoms with Crippen LogP contribution in [0.25, 0.3) is 0 Å². The van der Waals surface area contributed by atoms with E-state index in [4.69, 9.17) is 4.74 Å². The number of aromatic carboxylic acids is 1. The molecule has 20 heavy (non-hydrogen) atoms. The largest absolute Gasteiger partial charge is 0.493 e. The molecule has 0 saturated heterocycles. The van der Waals surface area contributed by atoms with Crippen LogP contribution >= 0.6 is 0 Å². The van der Waals surface area contributed by atoms with E-state index < -0.39 is 5.97 Å². The highest BCUT2D eigenvalue weighted by atomic mass is 16.5. The molecule has 0 aliphatic rings. The lowest BCUT2D eigenvalue weighted by Crippen LogP contribution is -2.08. The molecule has 1 aromatic rings. The van der Waals surface area contributed by atoms with Gasteiger partial charge in [-0.15, -0.1) is 0 Å². The van der Waals surface area contributed by atoms with Crippen LogP contribution in [-0.2, 0) is 0 Å². The molecule has 1 N–H and O–H groups in total. The Labute approximate surface area is 121 Å². The Morgan fingerprint density at radius 2 is 1.85 bits per heavy atom. The maximum absolute atomic E-state index is 11.2. The van der Waals surface area contributed by atoms with Crippen molar-refractivity contribution in [3.8, 4) is 5.75 Å². The van der Waals surface area contributed by atoms with Gasteiger partial charge in [-0.25, -0.2) is 4.79 Å². The standard InChI is InChI=1S/C16H25NO3/c1-4-5-6-7-8-9-10-20-14-11-12(2)17-13(3)15(14)16(18)19/h11H,4-10H2,1-3H3,(H,18,19). The number of hydrogen-bond acceptors (Lipinski definition) is 3. The second-order valence-corrected chi connectivity index (χ2v) is 5.14. The number of carboxylic acids is 1. The summed E-state index contributed by atoms with van der Waals surface area (Å²) in [6.45, 7) is 6.31. The molecule has 0 amide bonds. The third-order valence-electron chi connectivity index (χ3n) is 3.26. The summed E-state index contributed by atoms with van der Waals surface area (Å²) in [6, 6.07) is 1.70. The van der Waals surface area contributed by atoms with Crippen molar-refractivity contribution in [1.29, 1.82) is 0 Å². The summed E-state index contributed by atoms with van der Waals surface area (Å²) < 4.78 is 5.65. The lowest BCUT2D eigenvalue weighted by Gasteiger charge is -2.11. The Hall–Kier alpha value is -1.58. The number of nitrogens with zero attached hydrogens (tertiary/aromatic N) is 1. The number of carbonyl (C=O) groups is 1. The van der Waals surface area contributed by atoms with Crippen LogP contribution in [0.5, 0.6) is 5.75 Å². The number of aromatic nitrogens is 1. The molecule has 0 aliphatic carbocycles. The van der Waals surface area contributed by atoms with Gasteiger partial charge in [-0.2, -0.15) is 0 Å². The predicted molar refractivity (Wildman–Crippen MR) is 79.5 cm³/mol. The minimum atomic E-state index is -0.979. The maximum Gasteiger partial charge on any atom is 0.341 e. The minimum absolute atomic E-state index is 0.182. The van der Waals surface area contributed by atoms with E-state index in [1.807, 2.05) is 6.92 Å². The van der Waals surface area contributed by atoms with Crippen LogP contribution in [0.1, 0.15) is 67.2 Å². The first-order chi connectivity index (χ1) is 9.56. The molecule has 0 aliphatic heterocycles. The monoisotopic (exact) mass is 279 g/mol. The first-order valence-corrected chi connectivity index (χ1v) is 7.40. The number of hydrogen-bond donors (Lipinski definition) is 1. The normalized spacial score (nSPS) is 10.6. The van der Waals surface area contributed by atoms with E-state index in [2.05, 4.69) is 11.9 Å². The molecule has 4 heteroatoms. The van der Waals surface area contributed by atoms with Crippen LogP contribution in [0, 0.1) is 13.8 Å². The zero-order valence-electron chi connectivity index (χ0n) is 12.7. The zero-order chi connectivity index (χ0) is 15.0. The van der Waals surface area contributed by atoms with E-state index in [1.165, 1.54) is 25.7 Å². The van der Waals surface area contributed by atoms with Crippen molar-refractivity contribution in [1.82, 2.24) is 4.98 Å². The van der Waals surface area contributed by atoms with E-state index in [1.54, 1.807) is 13.0 Å². The topological polar surface area (TPSA) is 59.4 Å². The number of aryl methyl sites for hydroxylation is 2. The van der Waals surface area contributed by atoms with Crippen LogP contribution < -0.4 is 4.74 Å². The van der Waals surface area contributed by atoms with Gasteiger partial charge in [-0.1, -0.05) is 39.0 Å². The Bertz CT molecular complexity index is 444. The first-order valence-electron chi connectivity index (χ1n) is 7.40. The van der Waals surface area contributed by atoms with E-state index in [-0.39, 0.29) is 5.56 Å². The minimum Gasteiger partial charge on any atom is -0.493 e. The summed E-state index contributed by atoms with van der Waals surface area (Å²) in [4.78, 5) is 15.4. The predicted octanol–water partition coefficient (Wildman–Crippen LogP) is 4.14. The molecule has 0 unspecified atom stereocenters. The molecule has 1 aromatic heterocycles. The van der Waals surface area contributed by atoms with E-state index in [0.717, 1.165) is 18.5 Å². The van der Waals surface area contributed by atoms with Gasteiger partial charge >= 0.3 is 5.97 Å². The van der Waals surface area contributed by atoms with Gasteiger partial charge in [0.2, 0.25) is 0 Å². The molecule has 4 nitrogen and oxygen atoms in total. The Morgan fingerprint density at radius 3 is 2.50 bits per heavy atom. The van der Waals surface area contributed by atoms with Crippen molar-refractivity contribution in [2.45, 2.75) is 59.3 Å². The summed E-state index contributed by atoms with van der Waals surface area (Å²) in [6.07, 6.45) is 7.11. The van der Waals surface area contributed by atoms with Crippen molar-refractivity contribution >= 4 is 5.97 Å². The molecular formula is C16H25NO3. The SMILES string of the molecule is CCCCCCCCOc1cc(C)nc(C)c1C(=O)O. The van der Waals surface area contributed by atoms with Gasteiger partial charge in [0.05, 0.1) is 12.3 Å². The summed E-state index contributed by atoms with van der Waals surface area (Å²) in [7, 11) is 0. The average Bonchev–Trinajstić information content (AvgIpc) is 2.36. The van der Waals surface area contributed by atoms with Gasteiger partial charge in [0, 0.05) is 11.8 Å². The second kappa shape index (κ2) is 8.56. The fourth-order valence-corrected chi connectivity index (χ4v) is 2.23. The molecule has 0 saturated carbocycles. The third-order valence-corrected chi connectivity index (χ3v) is 3.26. The van der Waals surface area contributed by atoms with Gasteiger partial charge in [0.15, 0.2) is 0 Å². The molecule has 0 bridgehead atoms. The van der Waals surface area contributed by atoms with E-state index in [9.17, 15) is 9.90 Å². The van der Waals surface area contributed by atoms with Crippen molar-refractivity contribution < 1.29 is 14.6 Å². The van der Waals surface area contributed by atoms with Crippen molar-refractivity contribution in [2.75, 3.05) is 6.61 Å². The zero-order valence-corrected chi connectivity index (χ0v) is 12.7. The van der Waals surface area contributed by atoms with E-state index >= 15 is 0 Å². The van der Waals surface area contributed by atoms with Crippen LogP contribution in [0.3, 0.4) is 0 Å². The summed E-state index contributed by atoms with van der Waals surface area (Å²) in [5.74, 6) is -0.538. The second-order valence-electron chi connectivity index (χ2n) is 5.14. The lowest BCUT2D eigenvalue weighted by molar-refractivity contribution is 0.0690. The molecule has 0 aromatic carbocycles. The van der Waals surface area contributed by atoms with Crippen LogP contribution in [0.4, 0.5) is 0 Å². The maximum atomic E-state index is 11.2. The molecule has 0 fully saturated rings. The number of rotatable bonds is 9. The number of pyridine rings is 1. The van der Waals surface area contributed by atoms with Gasteiger partial charge in [-0.05, 0) is 20.3 Å². The fourth-order valence-electron chi connectivity index (χ4n) is 2.23. The van der Waals surface area contributed by atoms with Crippen molar-refractivity contribution in [2.24, 2.45) is 0 Å². The van der Waals surface area contributed by atoms with Crippen LogP contribution in [0.15, 0.2) is 6.07 Å². The number of ether oxygens (including phenoxy) is 1. The summed E-state index contributed by atoms with van der Waals surface area (Å²) in [5, 5.41) is 9.22. The van der Waals surface area contributed by atoms with Crippen molar-refractivity contribution in [3.05, 3.63) is 23.0 Å². The van der Waals surface area contributed by atoms with Crippen molar-refractivity contribution in [3.63, 3.8) is 0 Å². The van der Waals surface area contributed by atoms with Crippen LogP contribution in [0.2, 0.25) is 0 Å². The van der Waals surface area contributed by atoms with Gasteiger partial charge in [0.1, 0.15) is 11.3 Å². The molecule has 1 heterocycles. The average molecular weight is 279 g/mol.